The van der Waals surface area contributed by atoms with E-state index in [1.54, 1.807) is 0 Å². The lowest BCUT2D eigenvalue weighted by Crippen LogP contribution is -2.20. The average molecular weight is 375 g/mol. The van der Waals surface area contributed by atoms with E-state index in [-0.39, 0.29) is 0 Å². The smallest absolute Gasteiger partial charge is 0.441 e. The maximum Gasteiger partial charge on any atom is 0.441 e. The molecule has 0 atom stereocenters. The van der Waals surface area contributed by atoms with Crippen LogP contribution in [0.1, 0.15) is 5.56 Å². The van der Waals surface area contributed by atoms with Gasteiger partial charge in [0.2, 0.25) is 0 Å². The quantitative estimate of drug-likeness (QED) is 0.683. The Balaban J connectivity index is 1.76. The Morgan fingerprint density at radius 1 is 1.17 bits per heavy atom. The summed E-state index contributed by atoms with van der Waals surface area (Å²) in [7, 11) is 0. The molecule has 0 radical (unpaired) electrons. The second-order valence-electron chi connectivity index (χ2n) is 5.04. The summed E-state index contributed by atoms with van der Waals surface area (Å²) in [6.07, 6.45) is 0. The molecule has 6 heteroatoms. The van der Waals surface area contributed by atoms with Gasteiger partial charge >= 0.3 is 5.76 Å². The highest BCUT2D eigenvalue weighted by Crippen LogP contribution is 2.20. The lowest BCUT2D eigenvalue weighted by molar-refractivity contribution is 0.290. The fourth-order valence-electron chi connectivity index (χ4n) is 2.27. The van der Waals surface area contributed by atoms with Gasteiger partial charge in [0.25, 0.3) is 0 Å². The summed E-state index contributed by atoms with van der Waals surface area (Å²) in [6.45, 7) is 2.68. The van der Waals surface area contributed by atoms with Crippen molar-refractivity contribution in [3.05, 3.63) is 69.1 Å². The number of aryl methyl sites for hydroxylation is 1. The number of hydrogen-bond acceptors (Lipinski definition) is 4. The van der Waals surface area contributed by atoms with Crippen molar-refractivity contribution >= 4 is 15.9 Å². The van der Waals surface area contributed by atoms with Crippen LogP contribution < -0.4 is 10.5 Å². The van der Waals surface area contributed by atoms with Gasteiger partial charge in [-0.2, -0.15) is 0 Å². The predicted octanol–water partition coefficient (Wildman–Crippen LogP) is 3.65. The van der Waals surface area contributed by atoms with E-state index in [2.05, 4.69) is 21.1 Å². The topological polar surface area (TPSA) is 57.3 Å². The fourth-order valence-corrected chi connectivity index (χ4v) is 2.53. The molecule has 0 N–H and O–H groups in total. The van der Waals surface area contributed by atoms with E-state index in [4.69, 9.17) is 9.26 Å². The zero-order chi connectivity index (χ0) is 16.2. The van der Waals surface area contributed by atoms with Gasteiger partial charge in [-0.1, -0.05) is 45.4 Å². The number of halogens is 1. The third-order valence-corrected chi connectivity index (χ3v) is 4.00. The zero-order valence-corrected chi connectivity index (χ0v) is 14.1. The van der Waals surface area contributed by atoms with Crippen LogP contribution in [0.2, 0.25) is 0 Å². The molecule has 0 bridgehead atoms. The van der Waals surface area contributed by atoms with Crippen molar-refractivity contribution in [2.24, 2.45) is 0 Å². The Bertz CT molecular complexity index is 853. The Labute approximate surface area is 141 Å². The van der Waals surface area contributed by atoms with Crippen molar-refractivity contribution < 1.29 is 9.26 Å². The van der Waals surface area contributed by atoms with E-state index in [9.17, 15) is 4.79 Å². The highest BCUT2D eigenvalue weighted by Gasteiger charge is 2.14. The van der Waals surface area contributed by atoms with Gasteiger partial charge < -0.3 is 4.74 Å². The van der Waals surface area contributed by atoms with Crippen LogP contribution in [-0.2, 0) is 6.54 Å². The van der Waals surface area contributed by atoms with Gasteiger partial charge in [0.1, 0.15) is 12.4 Å². The summed E-state index contributed by atoms with van der Waals surface area (Å²) in [4.78, 5) is 11.9. The molecule has 1 heterocycles. The van der Waals surface area contributed by atoms with Gasteiger partial charge in [-0.05, 0) is 36.8 Å². The Kier molecular flexibility index (Phi) is 4.62. The standard InChI is InChI=1S/C17H15BrN2O3/c1-12-4-2-3-5-15(12)16-19-23-17(21)20(16)10-11-22-14-8-6-13(18)7-9-14/h2-9H,10-11H2,1H3. The largest absolute Gasteiger partial charge is 0.492 e. The van der Waals surface area contributed by atoms with Gasteiger partial charge in [-0.3, -0.25) is 9.09 Å². The van der Waals surface area contributed by atoms with Crippen molar-refractivity contribution in [3.8, 4) is 17.1 Å². The second kappa shape index (κ2) is 6.83. The van der Waals surface area contributed by atoms with Crippen molar-refractivity contribution in [3.63, 3.8) is 0 Å². The van der Waals surface area contributed by atoms with E-state index >= 15 is 0 Å². The van der Waals surface area contributed by atoms with Crippen LogP contribution in [0.5, 0.6) is 5.75 Å². The summed E-state index contributed by atoms with van der Waals surface area (Å²) < 4.78 is 13.0. The zero-order valence-electron chi connectivity index (χ0n) is 12.5. The normalized spacial score (nSPS) is 10.7. The SMILES string of the molecule is Cc1ccccc1-c1noc(=O)n1CCOc1ccc(Br)cc1. The van der Waals surface area contributed by atoms with Gasteiger partial charge in [-0.15, -0.1) is 0 Å². The maximum atomic E-state index is 11.9. The predicted molar refractivity (Wildman–Crippen MR) is 90.6 cm³/mol. The molecule has 3 aromatic rings. The molecule has 0 spiro atoms. The van der Waals surface area contributed by atoms with Crippen LogP contribution in [-0.4, -0.2) is 16.3 Å². The molecule has 0 saturated heterocycles. The molecule has 2 aromatic carbocycles. The van der Waals surface area contributed by atoms with E-state index in [0.717, 1.165) is 21.3 Å². The first-order valence-corrected chi connectivity index (χ1v) is 7.95. The lowest BCUT2D eigenvalue weighted by Gasteiger charge is -2.08. The Morgan fingerprint density at radius 3 is 2.65 bits per heavy atom. The lowest BCUT2D eigenvalue weighted by atomic mass is 10.1. The minimum absolute atomic E-state index is 0.349. The first kappa shape index (κ1) is 15.6. The summed E-state index contributed by atoms with van der Waals surface area (Å²) in [6, 6.07) is 15.3. The van der Waals surface area contributed by atoms with Crippen LogP contribution in [0.3, 0.4) is 0 Å². The first-order valence-electron chi connectivity index (χ1n) is 7.16. The molecule has 0 aliphatic rings. The summed E-state index contributed by atoms with van der Waals surface area (Å²) in [5, 5.41) is 3.90. The highest BCUT2D eigenvalue weighted by atomic mass is 79.9. The van der Waals surface area contributed by atoms with Crippen LogP contribution in [0, 0.1) is 6.92 Å². The number of benzene rings is 2. The third kappa shape index (κ3) is 3.53. The molecule has 0 amide bonds. The average Bonchev–Trinajstić information content (AvgIpc) is 2.91. The fraction of sp³-hybridized carbons (Fsp3) is 0.176. The molecule has 5 nitrogen and oxygen atoms in total. The molecule has 23 heavy (non-hydrogen) atoms. The molecule has 0 aliphatic carbocycles. The second-order valence-corrected chi connectivity index (χ2v) is 5.96. The molecular weight excluding hydrogens is 360 g/mol. The minimum atomic E-state index is -0.484. The van der Waals surface area contributed by atoms with E-state index in [1.165, 1.54) is 4.57 Å². The summed E-state index contributed by atoms with van der Waals surface area (Å²) >= 11 is 3.38. The third-order valence-electron chi connectivity index (χ3n) is 3.47. The molecule has 0 fully saturated rings. The Morgan fingerprint density at radius 2 is 1.91 bits per heavy atom. The number of ether oxygens (including phenoxy) is 1. The van der Waals surface area contributed by atoms with E-state index in [1.807, 2.05) is 55.5 Å². The van der Waals surface area contributed by atoms with Crippen LogP contribution in [0.15, 0.2) is 62.3 Å². The van der Waals surface area contributed by atoms with Gasteiger partial charge in [0, 0.05) is 10.0 Å². The number of rotatable bonds is 5. The first-order chi connectivity index (χ1) is 11.1. The minimum Gasteiger partial charge on any atom is -0.492 e. The van der Waals surface area contributed by atoms with Gasteiger partial charge in [0.05, 0.1) is 6.54 Å². The molecule has 0 unspecified atom stereocenters. The molecular formula is C17H15BrN2O3. The monoisotopic (exact) mass is 374 g/mol. The van der Waals surface area contributed by atoms with Crippen molar-refractivity contribution in [1.82, 2.24) is 9.72 Å². The van der Waals surface area contributed by atoms with Crippen molar-refractivity contribution in [1.29, 1.82) is 0 Å². The van der Waals surface area contributed by atoms with Crippen LogP contribution in [0.4, 0.5) is 0 Å². The number of aromatic nitrogens is 2. The highest BCUT2D eigenvalue weighted by molar-refractivity contribution is 9.10. The van der Waals surface area contributed by atoms with Crippen LogP contribution in [0.25, 0.3) is 11.4 Å². The molecule has 0 aliphatic heterocycles. The van der Waals surface area contributed by atoms with Crippen LogP contribution >= 0.6 is 15.9 Å². The molecule has 118 valence electrons. The van der Waals surface area contributed by atoms with E-state index < -0.39 is 5.76 Å². The van der Waals surface area contributed by atoms with Crippen molar-refractivity contribution in [2.75, 3.05) is 6.61 Å². The van der Waals surface area contributed by atoms with Crippen molar-refractivity contribution in [2.45, 2.75) is 13.5 Å². The molecule has 0 saturated carbocycles. The van der Waals surface area contributed by atoms with Gasteiger partial charge in [-0.25, -0.2) is 4.79 Å². The van der Waals surface area contributed by atoms with E-state index in [0.29, 0.717) is 19.0 Å². The molecule has 3 rings (SSSR count). The Hall–Kier alpha value is -2.34. The number of nitrogens with zero attached hydrogens (tertiary/aromatic N) is 2. The summed E-state index contributed by atoms with van der Waals surface area (Å²) in [5.41, 5.74) is 1.91. The number of hydrogen-bond donors (Lipinski definition) is 0. The maximum absolute atomic E-state index is 11.9. The molecule has 1 aromatic heterocycles. The van der Waals surface area contributed by atoms with Gasteiger partial charge in [0.15, 0.2) is 5.82 Å². The summed E-state index contributed by atoms with van der Waals surface area (Å²) in [5.74, 6) is 0.783.